The molecule has 25 heavy (non-hydrogen) atoms. The van der Waals surface area contributed by atoms with E-state index in [0.29, 0.717) is 18.4 Å². The highest BCUT2D eigenvalue weighted by Crippen LogP contribution is 2.39. The zero-order valence-corrected chi connectivity index (χ0v) is 14.7. The number of nitrogens with zero attached hydrogens (tertiary/aromatic N) is 1. The Labute approximate surface area is 145 Å². The highest BCUT2D eigenvalue weighted by molar-refractivity contribution is 6.62. The molecule has 0 radical (unpaired) electrons. The van der Waals surface area contributed by atoms with Gasteiger partial charge in [0, 0.05) is 13.0 Å². The molecule has 0 atom stereocenters. The predicted molar refractivity (Wildman–Crippen MR) is 88.7 cm³/mol. The topological polar surface area (TPSA) is 38.8 Å². The normalized spacial score (nSPS) is 22.8. The predicted octanol–water partition coefficient (Wildman–Crippen LogP) is 3.13. The van der Waals surface area contributed by atoms with Gasteiger partial charge in [-0.15, -0.1) is 0 Å². The van der Waals surface area contributed by atoms with Crippen molar-refractivity contribution in [1.82, 2.24) is 0 Å². The molecule has 1 aromatic carbocycles. The van der Waals surface area contributed by atoms with Gasteiger partial charge in [0.25, 0.3) is 0 Å². The van der Waals surface area contributed by atoms with Gasteiger partial charge in [-0.1, -0.05) is 6.07 Å². The second-order valence-corrected chi connectivity index (χ2v) is 7.51. The summed E-state index contributed by atoms with van der Waals surface area (Å²) in [5, 5.41) is 0. The summed E-state index contributed by atoms with van der Waals surface area (Å²) in [7, 11) is -0.880. The Balaban J connectivity index is 2.00. The molecular formula is C17H21BF3NO3. The molecule has 2 heterocycles. The van der Waals surface area contributed by atoms with E-state index in [4.69, 9.17) is 9.31 Å². The van der Waals surface area contributed by atoms with Crippen molar-refractivity contribution >= 4 is 24.2 Å². The van der Waals surface area contributed by atoms with E-state index in [-0.39, 0.29) is 18.0 Å². The van der Waals surface area contributed by atoms with E-state index in [1.54, 1.807) is 6.07 Å². The third-order valence-electron chi connectivity index (χ3n) is 5.22. The SMILES string of the molecule is CC1(C)OB(c2ccc(N3CCCC3=O)c(C(F)(F)F)c2)OC1(C)C. The van der Waals surface area contributed by atoms with Crippen molar-refractivity contribution < 1.29 is 27.3 Å². The first-order valence-electron chi connectivity index (χ1n) is 8.29. The lowest BCUT2D eigenvalue weighted by atomic mass is 9.78. The first-order chi connectivity index (χ1) is 11.4. The molecule has 0 unspecified atom stereocenters. The standard InChI is InChI=1S/C17H21BF3NO3/c1-15(2)16(3,4)25-18(24-15)11-7-8-13(12(10-11)17(19,20)21)22-9-5-6-14(22)23/h7-8,10H,5-6,9H2,1-4H3. The Morgan fingerprint density at radius 3 is 2.20 bits per heavy atom. The van der Waals surface area contributed by atoms with E-state index in [1.807, 2.05) is 27.7 Å². The third-order valence-corrected chi connectivity index (χ3v) is 5.22. The largest absolute Gasteiger partial charge is 0.494 e. The lowest BCUT2D eigenvalue weighted by Gasteiger charge is -2.32. The molecule has 0 spiro atoms. The van der Waals surface area contributed by atoms with Crippen LogP contribution in [0.2, 0.25) is 0 Å². The summed E-state index contributed by atoms with van der Waals surface area (Å²) in [4.78, 5) is 13.1. The van der Waals surface area contributed by atoms with Gasteiger partial charge >= 0.3 is 13.3 Å². The van der Waals surface area contributed by atoms with E-state index in [0.717, 1.165) is 6.07 Å². The number of carbonyl (C=O) groups is 1. The van der Waals surface area contributed by atoms with Crippen molar-refractivity contribution in [3.05, 3.63) is 23.8 Å². The molecule has 1 amide bonds. The minimum Gasteiger partial charge on any atom is -0.399 e. The van der Waals surface area contributed by atoms with E-state index < -0.39 is 30.1 Å². The maximum Gasteiger partial charge on any atom is 0.494 e. The summed E-state index contributed by atoms with van der Waals surface area (Å²) in [6, 6.07) is 3.91. The summed E-state index contributed by atoms with van der Waals surface area (Å²) < 4.78 is 52.4. The fourth-order valence-corrected chi connectivity index (χ4v) is 3.04. The van der Waals surface area contributed by atoms with Gasteiger partial charge in [0.2, 0.25) is 5.91 Å². The van der Waals surface area contributed by atoms with Gasteiger partial charge in [0.1, 0.15) is 0 Å². The molecule has 3 rings (SSSR count). The van der Waals surface area contributed by atoms with Crippen LogP contribution in [-0.4, -0.2) is 30.8 Å². The van der Waals surface area contributed by atoms with Crippen LogP contribution in [0.1, 0.15) is 46.1 Å². The number of hydrogen-bond acceptors (Lipinski definition) is 3. The summed E-state index contributed by atoms with van der Waals surface area (Å²) in [6.07, 6.45) is -3.73. The van der Waals surface area contributed by atoms with Gasteiger partial charge in [0.15, 0.2) is 0 Å². The van der Waals surface area contributed by atoms with Crippen molar-refractivity contribution in [2.75, 3.05) is 11.4 Å². The Morgan fingerprint density at radius 1 is 1.12 bits per heavy atom. The molecule has 2 aliphatic rings. The van der Waals surface area contributed by atoms with E-state index in [2.05, 4.69) is 0 Å². The van der Waals surface area contributed by atoms with Crippen molar-refractivity contribution in [3.63, 3.8) is 0 Å². The van der Waals surface area contributed by atoms with Gasteiger partial charge in [0.05, 0.1) is 22.5 Å². The maximum absolute atomic E-state index is 13.6. The average molecular weight is 355 g/mol. The second kappa shape index (κ2) is 5.74. The summed E-state index contributed by atoms with van der Waals surface area (Å²) in [5.41, 5.74) is -1.93. The van der Waals surface area contributed by atoms with Crippen LogP contribution in [0, 0.1) is 0 Å². The van der Waals surface area contributed by atoms with Crippen LogP contribution >= 0.6 is 0 Å². The zero-order chi connectivity index (χ0) is 18.6. The monoisotopic (exact) mass is 355 g/mol. The lowest BCUT2D eigenvalue weighted by Crippen LogP contribution is -2.41. The second-order valence-electron chi connectivity index (χ2n) is 7.51. The van der Waals surface area contributed by atoms with Crippen LogP contribution in [0.3, 0.4) is 0 Å². The Hall–Kier alpha value is -1.54. The average Bonchev–Trinajstić information content (AvgIpc) is 2.98. The first kappa shape index (κ1) is 18.3. The zero-order valence-electron chi connectivity index (χ0n) is 14.7. The number of rotatable bonds is 2. The number of alkyl halides is 3. The van der Waals surface area contributed by atoms with Crippen LogP contribution in [0.5, 0.6) is 0 Å². The van der Waals surface area contributed by atoms with Crippen molar-refractivity contribution in [3.8, 4) is 0 Å². The summed E-state index contributed by atoms with van der Waals surface area (Å²) in [5.74, 6) is -0.283. The molecule has 2 aliphatic heterocycles. The maximum atomic E-state index is 13.6. The van der Waals surface area contributed by atoms with Gasteiger partial charge < -0.3 is 14.2 Å². The summed E-state index contributed by atoms with van der Waals surface area (Å²) in [6.45, 7) is 7.67. The van der Waals surface area contributed by atoms with Crippen LogP contribution in [0.15, 0.2) is 18.2 Å². The fraction of sp³-hybridized carbons (Fsp3) is 0.588. The molecular weight excluding hydrogens is 334 g/mol. The molecule has 8 heteroatoms. The van der Waals surface area contributed by atoms with Crippen LogP contribution in [0.25, 0.3) is 0 Å². The van der Waals surface area contributed by atoms with Crippen LogP contribution in [-0.2, 0) is 20.3 Å². The van der Waals surface area contributed by atoms with E-state index >= 15 is 0 Å². The molecule has 4 nitrogen and oxygen atoms in total. The van der Waals surface area contributed by atoms with Gasteiger partial charge in [-0.25, -0.2) is 0 Å². The quantitative estimate of drug-likeness (QED) is 0.766. The van der Waals surface area contributed by atoms with Crippen molar-refractivity contribution in [2.45, 2.75) is 57.9 Å². The van der Waals surface area contributed by atoms with Gasteiger partial charge in [-0.2, -0.15) is 13.2 Å². The molecule has 2 saturated heterocycles. The number of halogens is 3. The fourth-order valence-electron chi connectivity index (χ4n) is 3.04. The van der Waals surface area contributed by atoms with Crippen molar-refractivity contribution in [2.24, 2.45) is 0 Å². The van der Waals surface area contributed by atoms with Crippen molar-refractivity contribution in [1.29, 1.82) is 0 Å². The molecule has 0 aliphatic carbocycles. The van der Waals surface area contributed by atoms with Crippen LogP contribution < -0.4 is 10.4 Å². The van der Waals surface area contributed by atoms with E-state index in [9.17, 15) is 18.0 Å². The molecule has 1 aromatic rings. The Morgan fingerprint density at radius 2 is 1.72 bits per heavy atom. The van der Waals surface area contributed by atoms with Gasteiger partial charge in [-0.3, -0.25) is 4.79 Å². The molecule has 0 saturated carbocycles. The van der Waals surface area contributed by atoms with Crippen LogP contribution in [0.4, 0.5) is 18.9 Å². The summed E-state index contributed by atoms with van der Waals surface area (Å²) >= 11 is 0. The number of hydrogen-bond donors (Lipinski definition) is 0. The smallest absolute Gasteiger partial charge is 0.399 e. The molecule has 0 N–H and O–H groups in total. The molecule has 136 valence electrons. The van der Waals surface area contributed by atoms with E-state index in [1.165, 1.54) is 11.0 Å². The highest BCUT2D eigenvalue weighted by Gasteiger charge is 2.52. The minimum atomic E-state index is -4.57. The minimum absolute atomic E-state index is 0.102. The lowest BCUT2D eigenvalue weighted by molar-refractivity contribution is -0.137. The molecule has 0 bridgehead atoms. The molecule has 2 fully saturated rings. The number of amides is 1. The number of benzene rings is 1. The highest BCUT2D eigenvalue weighted by atomic mass is 19.4. The van der Waals surface area contributed by atoms with Gasteiger partial charge in [-0.05, 0) is 51.7 Å². The third kappa shape index (κ3) is 3.17. The number of anilines is 1. The Kier molecular flexibility index (Phi) is 4.19. The first-order valence-corrected chi connectivity index (χ1v) is 8.29. The molecule has 0 aromatic heterocycles. The number of carbonyl (C=O) groups excluding carboxylic acids is 1. The Bertz CT molecular complexity index is 687.